The maximum Gasteiger partial charge on any atom is 0.333 e. The molecular formula is C35H56O8. The van der Waals surface area contributed by atoms with E-state index in [1.807, 2.05) is 20.8 Å². The van der Waals surface area contributed by atoms with Gasteiger partial charge in [-0.1, -0.05) is 59.3 Å². The monoisotopic (exact) mass is 604 g/mol. The molecule has 5 aliphatic rings. The van der Waals surface area contributed by atoms with Crippen LogP contribution in [0.25, 0.3) is 0 Å². The van der Waals surface area contributed by atoms with Crippen LogP contribution >= 0.6 is 0 Å². The lowest BCUT2D eigenvalue weighted by Crippen LogP contribution is -2.76. The summed E-state index contributed by atoms with van der Waals surface area (Å²) in [6.45, 7) is 15.3. The molecule has 43 heavy (non-hydrogen) atoms. The summed E-state index contributed by atoms with van der Waals surface area (Å²) in [6.07, 6.45) is 2.33. The van der Waals surface area contributed by atoms with Crippen molar-refractivity contribution in [3.8, 4) is 0 Å². The zero-order valence-corrected chi connectivity index (χ0v) is 27.4. The predicted molar refractivity (Wildman–Crippen MR) is 162 cm³/mol. The zero-order chi connectivity index (χ0) is 32.1. The number of hydrogen-bond donors (Lipinski definition) is 6. The molecule has 0 aromatic rings. The van der Waals surface area contributed by atoms with Gasteiger partial charge in [0.1, 0.15) is 12.2 Å². The summed E-state index contributed by atoms with van der Waals surface area (Å²) in [6, 6.07) is 0. The first kappa shape index (κ1) is 33.1. The third-order valence-corrected chi connectivity index (χ3v) is 14.6. The maximum atomic E-state index is 12.9. The predicted octanol–water partition coefficient (Wildman–Crippen LogP) is 3.51. The van der Waals surface area contributed by atoms with Gasteiger partial charge in [0.25, 0.3) is 0 Å². The van der Waals surface area contributed by atoms with Gasteiger partial charge >= 0.3 is 5.97 Å². The zero-order valence-electron chi connectivity index (χ0n) is 27.4. The largest absolute Gasteiger partial charge is 0.456 e. The topological polar surface area (TPSA) is 148 Å². The van der Waals surface area contributed by atoms with Crippen LogP contribution in [-0.2, 0) is 9.53 Å². The Morgan fingerprint density at radius 2 is 1.58 bits per heavy atom. The van der Waals surface area contributed by atoms with E-state index in [4.69, 9.17) is 4.74 Å². The molecule has 0 radical (unpaired) electrons. The van der Waals surface area contributed by atoms with Crippen LogP contribution in [0.1, 0.15) is 93.9 Å². The van der Waals surface area contributed by atoms with Gasteiger partial charge in [-0.05, 0) is 81.0 Å². The quantitative estimate of drug-likeness (QED) is 0.162. The highest BCUT2D eigenvalue weighted by molar-refractivity contribution is 5.87. The molecule has 5 rings (SSSR count). The van der Waals surface area contributed by atoms with Gasteiger partial charge in [-0.2, -0.15) is 0 Å². The molecule has 0 unspecified atom stereocenters. The van der Waals surface area contributed by atoms with Gasteiger partial charge in [0, 0.05) is 21.8 Å². The third-order valence-electron chi connectivity index (χ3n) is 14.6. The van der Waals surface area contributed by atoms with E-state index in [9.17, 15) is 35.4 Å². The number of aliphatic hydroxyl groups is 6. The van der Waals surface area contributed by atoms with Crippen LogP contribution in [0.15, 0.2) is 23.3 Å². The summed E-state index contributed by atoms with van der Waals surface area (Å²) in [7, 11) is 0. The SMILES string of the molecule is C/C=C(/C)C(=O)O[C@H]1[C@H](O)[C@]2(CO)[C@H](O)[C@H](O)[C@]3(C)C(=CC[C@@H]4[C@@]5(C)CC[C@H](O)[C@](C)(CO)[C@@H]5CC[C@]43C)[C@@H]2CC1(C)C. The highest BCUT2D eigenvalue weighted by atomic mass is 16.6. The van der Waals surface area contributed by atoms with Crippen molar-refractivity contribution in [3.05, 3.63) is 23.3 Å². The number of hydrogen-bond acceptors (Lipinski definition) is 8. The number of allylic oxidation sites excluding steroid dienone is 2. The highest BCUT2D eigenvalue weighted by Gasteiger charge is 2.75. The standard InChI is InChI=1S/C35H56O8/c1-9-19(2)29(42)43-28-27(41)35(18-37)21(16-30(28,3)4)20-10-11-23-31(5)14-13-24(38)32(6,17-36)22(31)12-15-33(23,7)34(20,8)25(39)26(35)40/h9-10,21-28,36-41H,11-18H2,1-8H3/b19-9-/t21-,22+,23+,24-,25-,26+,27-,28-,31-,32+,33+,34-,35-/m0/s1. The Balaban J connectivity index is 1.62. The molecule has 244 valence electrons. The van der Waals surface area contributed by atoms with Crippen LogP contribution in [0.3, 0.4) is 0 Å². The van der Waals surface area contributed by atoms with E-state index in [0.29, 0.717) is 18.4 Å². The number of esters is 1. The van der Waals surface area contributed by atoms with Crippen molar-refractivity contribution >= 4 is 5.97 Å². The number of fused-ring (bicyclic) bond motifs is 7. The molecule has 13 atom stereocenters. The lowest BCUT2D eigenvalue weighted by molar-refractivity contribution is -0.291. The first-order chi connectivity index (χ1) is 19.9. The molecule has 6 N–H and O–H groups in total. The molecular weight excluding hydrogens is 548 g/mol. The van der Waals surface area contributed by atoms with E-state index in [0.717, 1.165) is 31.3 Å². The van der Waals surface area contributed by atoms with Crippen LogP contribution in [0.4, 0.5) is 0 Å². The van der Waals surface area contributed by atoms with Gasteiger partial charge < -0.3 is 35.4 Å². The molecule has 0 aromatic heterocycles. The highest BCUT2D eigenvalue weighted by Crippen LogP contribution is 2.75. The molecule has 4 fully saturated rings. The first-order valence-corrected chi connectivity index (χ1v) is 16.4. The summed E-state index contributed by atoms with van der Waals surface area (Å²) in [5.74, 6) is -0.748. The molecule has 0 bridgehead atoms. The van der Waals surface area contributed by atoms with Gasteiger partial charge in [-0.15, -0.1) is 0 Å². The van der Waals surface area contributed by atoms with E-state index in [1.54, 1.807) is 19.9 Å². The minimum atomic E-state index is -1.51. The van der Waals surface area contributed by atoms with Gasteiger partial charge in [0.05, 0.1) is 36.9 Å². The lowest BCUT2D eigenvalue weighted by Gasteiger charge is -2.73. The molecule has 0 amide bonds. The third kappa shape index (κ3) is 3.99. The van der Waals surface area contributed by atoms with Crippen LogP contribution < -0.4 is 0 Å². The summed E-state index contributed by atoms with van der Waals surface area (Å²) < 4.78 is 5.89. The Kier molecular flexibility index (Phi) is 7.97. The number of aliphatic hydroxyl groups excluding tert-OH is 6. The van der Waals surface area contributed by atoms with E-state index < -0.39 is 76.1 Å². The second-order valence-electron chi connectivity index (χ2n) is 16.5. The van der Waals surface area contributed by atoms with Gasteiger partial charge in [-0.3, -0.25) is 0 Å². The smallest absolute Gasteiger partial charge is 0.333 e. The average Bonchev–Trinajstić information content (AvgIpc) is 2.96. The minimum absolute atomic E-state index is 0.0784. The Morgan fingerprint density at radius 3 is 2.16 bits per heavy atom. The Labute approximate surface area is 257 Å². The fourth-order valence-corrected chi connectivity index (χ4v) is 11.5. The summed E-state index contributed by atoms with van der Waals surface area (Å²) in [5.41, 5.74) is -2.88. The average molecular weight is 605 g/mol. The van der Waals surface area contributed by atoms with Crippen molar-refractivity contribution in [1.29, 1.82) is 0 Å². The van der Waals surface area contributed by atoms with Gasteiger partial charge in [0.15, 0.2) is 0 Å². The van der Waals surface area contributed by atoms with Crippen molar-refractivity contribution in [3.63, 3.8) is 0 Å². The molecule has 0 aliphatic heterocycles. The second-order valence-corrected chi connectivity index (χ2v) is 16.5. The molecule has 0 aromatic carbocycles. The van der Waals surface area contributed by atoms with Crippen LogP contribution in [0, 0.1) is 50.2 Å². The van der Waals surface area contributed by atoms with E-state index in [1.165, 1.54) is 0 Å². The fourth-order valence-electron chi connectivity index (χ4n) is 11.5. The lowest BCUT2D eigenvalue weighted by atomic mass is 9.32. The summed E-state index contributed by atoms with van der Waals surface area (Å²) >= 11 is 0. The van der Waals surface area contributed by atoms with Crippen molar-refractivity contribution in [1.82, 2.24) is 0 Å². The fraction of sp³-hybridized carbons (Fsp3) is 0.857. The van der Waals surface area contributed by atoms with Crippen molar-refractivity contribution in [2.45, 2.75) is 124 Å². The number of carbonyl (C=O) groups excluding carboxylic acids is 1. The molecule has 5 aliphatic carbocycles. The van der Waals surface area contributed by atoms with Gasteiger partial charge in [-0.25, -0.2) is 4.79 Å². The van der Waals surface area contributed by atoms with Crippen LogP contribution in [0.5, 0.6) is 0 Å². The molecule has 0 spiro atoms. The number of rotatable bonds is 4. The second kappa shape index (κ2) is 10.4. The Morgan fingerprint density at radius 1 is 0.930 bits per heavy atom. The van der Waals surface area contributed by atoms with Crippen LogP contribution in [0.2, 0.25) is 0 Å². The molecule has 4 saturated carbocycles. The van der Waals surface area contributed by atoms with Crippen molar-refractivity contribution < 1.29 is 40.2 Å². The molecule has 0 saturated heterocycles. The Hall–Kier alpha value is -1.29. The van der Waals surface area contributed by atoms with Crippen molar-refractivity contribution in [2.75, 3.05) is 13.2 Å². The minimum Gasteiger partial charge on any atom is -0.456 e. The van der Waals surface area contributed by atoms with Crippen LogP contribution in [-0.4, -0.2) is 80.3 Å². The van der Waals surface area contributed by atoms with E-state index >= 15 is 0 Å². The molecule has 8 nitrogen and oxygen atoms in total. The van der Waals surface area contributed by atoms with E-state index in [-0.39, 0.29) is 23.9 Å². The van der Waals surface area contributed by atoms with Crippen molar-refractivity contribution in [2.24, 2.45) is 50.2 Å². The number of ether oxygens (including phenoxy) is 1. The van der Waals surface area contributed by atoms with Gasteiger partial charge in [0.2, 0.25) is 0 Å². The normalized spacial score (nSPS) is 52.6. The summed E-state index contributed by atoms with van der Waals surface area (Å²) in [5, 5.41) is 68.9. The molecule has 0 heterocycles. The van der Waals surface area contributed by atoms with E-state index in [2.05, 4.69) is 26.8 Å². The molecule has 8 heteroatoms. The summed E-state index contributed by atoms with van der Waals surface area (Å²) in [4.78, 5) is 12.9. The first-order valence-electron chi connectivity index (χ1n) is 16.4. The Bertz CT molecular complexity index is 1190. The number of carbonyl (C=O) groups is 1. The maximum absolute atomic E-state index is 12.9.